The minimum Gasteiger partial charge on any atom is -0.381 e. The van der Waals surface area contributed by atoms with Crippen LogP contribution in [0.3, 0.4) is 0 Å². The van der Waals surface area contributed by atoms with Crippen LogP contribution in [0, 0.1) is 0 Å². The van der Waals surface area contributed by atoms with E-state index >= 15 is 0 Å². The molecule has 2 saturated heterocycles. The van der Waals surface area contributed by atoms with E-state index in [4.69, 9.17) is 19.2 Å². The summed E-state index contributed by atoms with van der Waals surface area (Å²) in [5.74, 6) is 0.883. The molecule has 29 heavy (non-hydrogen) atoms. The molecule has 0 aromatic carbocycles. The highest BCUT2D eigenvalue weighted by Gasteiger charge is 2.23. The number of rotatable bonds is 10. The summed E-state index contributed by atoms with van der Waals surface area (Å²) < 4.78 is 16.9. The minimum absolute atomic E-state index is 0.311. The van der Waals surface area contributed by atoms with Crippen LogP contribution in [0.25, 0.3) is 0 Å². The molecule has 164 valence electrons. The van der Waals surface area contributed by atoms with Crippen molar-refractivity contribution in [1.82, 2.24) is 15.5 Å². The Bertz CT molecular complexity index is 572. The maximum absolute atomic E-state index is 5.95. The molecule has 2 fully saturated rings. The normalized spacial score (nSPS) is 20.5. The van der Waals surface area contributed by atoms with Gasteiger partial charge >= 0.3 is 0 Å². The first-order valence-electron chi connectivity index (χ1n) is 10.9. The summed E-state index contributed by atoms with van der Waals surface area (Å²) in [6.45, 7) is 10.5. The standard InChI is InChI=1S/C21H36N4O3S/c1-2-22-21(23-8-4-11-28-18-6-12-26-13-7-18)24-17-19(20-5-3-16-29-20)25-9-14-27-15-10-25/h3,5,16,18-19H,2,4,6-15,17H2,1H3,(H2,22,23,24). The molecule has 1 atom stereocenters. The molecule has 0 aliphatic carbocycles. The van der Waals surface area contributed by atoms with Gasteiger partial charge in [0.2, 0.25) is 0 Å². The fourth-order valence-electron chi connectivity index (χ4n) is 3.65. The molecule has 2 aliphatic rings. The summed E-state index contributed by atoms with van der Waals surface area (Å²) in [6.07, 6.45) is 3.37. The second-order valence-electron chi connectivity index (χ2n) is 7.36. The Labute approximate surface area is 178 Å². The zero-order chi connectivity index (χ0) is 20.2. The monoisotopic (exact) mass is 424 g/mol. The Morgan fingerprint density at radius 1 is 1.24 bits per heavy atom. The van der Waals surface area contributed by atoms with Crippen molar-refractivity contribution in [1.29, 1.82) is 0 Å². The van der Waals surface area contributed by atoms with Gasteiger partial charge < -0.3 is 24.8 Å². The second-order valence-corrected chi connectivity index (χ2v) is 8.34. The topological polar surface area (TPSA) is 67.4 Å². The third-order valence-electron chi connectivity index (χ3n) is 5.26. The molecule has 2 N–H and O–H groups in total. The lowest BCUT2D eigenvalue weighted by Gasteiger charge is -2.33. The van der Waals surface area contributed by atoms with Gasteiger partial charge in [-0.05, 0) is 37.6 Å². The Morgan fingerprint density at radius 3 is 2.76 bits per heavy atom. The van der Waals surface area contributed by atoms with Gasteiger partial charge in [-0.15, -0.1) is 11.3 Å². The maximum Gasteiger partial charge on any atom is 0.191 e. The number of hydrogen-bond donors (Lipinski definition) is 2. The van der Waals surface area contributed by atoms with Crippen LogP contribution in [-0.2, 0) is 14.2 Å². The van der Waals surface area contributed by atoms with Crippen LogP contribution in [-0.4, -0.2) is 82.7 Å². The highest BCUT2D eigenvalue weighted by molar-refractivity contribution is 7.10. The first-order valence-corrected chi connectivity index (χ1v) is 11.8. The zero-order valence-corrected chi connectivity index (χ0v) is 18.4. The summed E-state index contributed by atoms with van der Waals surface area (Å²) in [5.41, 5.74) is 0. The number of nitrogens with zero attached hydrogens (tertiary/aromatic N) is 2. The van der Waals surface area contributed by atoms with Crippen molar-refractivity contribution in [3.05, 3.63) is 22.4 Å². The van der Waals surface area contributed by atoms with Crippen molar-refractivity contribution in [3.63, 3.8) is 0 Å². The Hall–Kier alpha value is -1.19. The smallest absolute Gasteiger partial charge is 0.191 e. The fraction of sp³-hybridized carbons (Fsp3) is 0.762. The number of morpholine rings is 1. The Morgan fingerprint density at radius 2 is 2.03 bits per heavy atom. The quantitative estimate of drug-likeness (QED) is 0.341. The molecule has 0 radical (unpaired) electrons. The molecule has 2 aliphatic heterocycles. The number of guanidine groups is 1. The summed E-state index contributed by atoms with van der Waals surface area (Å²) in [5, 5.41) is 8.97. The molecule has 3 rings (SSSR count). The van der Waals surface area contributed by atoms with Crippen LogP contribution >= 0.6 is 11.3 Å². The predicted molar refractivity (Wildman–Crippen MR) is 118 cm³/mol. The number of aliphatic imine (C=N–C) groups is 1. The molecule has 0 bridgehead atoms. The van der Waals surface area contributed by atoms with Crippen molar-refractivity contribution in [3.8, 4) is 0 Å². The van der Waals surface area contributed by atoms with E-state index in [0.717, 1.165) is 91.0 Å². The predicted octanol–water partition coefficient (Wildman–Crippen LogP) is 2.26. The third-order valence-corrected chi connectivity index (χ3v) is 6.23. The van der Waals surface area contributed by atoms with Crippen LogP contribution in [0.15, 0.2) is 22.5 Å². The van der Waals surface area contributed by atoms with Crippen molar-refractivity contribution in [2.75, 3.05) is 65.8 Å². The van der Waals surface area contributed by atoms with Gasteiger partial charge in [-0.2, -0.15) is 0 Å². The van der Waals surface area contributed by atoms with Crippen molar-refractivity contribution >= 4 is 17.3 Å². The van der Waals surface area contributed by atoms with Crippen molar-refractivity contribution in [2.45, 2.75) is 38.3 Å². The van der Waals surface area contributed by atoms with Gasteiger partial charge in [-0.3, -0.25) is 9.89 Å². The van der Waals surface area contributed by atoms with E-state index in [-0.39, 0.29) is 0 Å². The lowest BCUT2D eigenvalue weighted by Crippen LogP contribution is -2.41. The fourth-order valence-corrected chi connectivity index (χ4v) is 4.50. The summed E-state index contributed by atoms with van der Waals surface area (Å²) >= 11 is 1.81. The summed E-state index contributed by atoms with van der Waals surface area (Å²) in [4.78, 5) is 8.76. The highest BCUT2D eigenvalue weighted by atomic mass is 32.1. The van der Waals surface area contributed by atoms with Gasteiger partial charge in [0.1, 0.15) is 0 Å². The first kappa shape index (κ1) is 22.5. The second kappa shape index (κ2) is 13.2. The molecular formula is C21H36N4O3S. The maximum atomic E-state index is 5.95. The SMILES string of the molecule is CCNC(=NCC(c1cccs1)N1CCOCC1)NCCCOC1CCOCC1. The Kier molecular flexibility index (Phi) is 10.2. The van der Waals surface area contributed by atoms with E-state index in [1.807, 2.05) is 11.3 Å². The average Bonchev–Trinajstić information content (AvgIpc) is 3.29. The lowest BCUT2D eigenvalue weighted by molar-refractivity contribution is -0.0320. The first-order chi connectivity index (χ1) is 14.4. The van der Waals surface area contributed by atoms with Gasteiger partial charge in [-0.1, -0.05) is 6.07 Å². The average molecular weight is 425 g/mol. The highest BCUT2D eigenvalue weighted by Crippen LogP contribution is 2.26. The molecule has 1 unspecified atom stereocenters. The largest absolute Gasteiger partial charge is 0.381 e. The van der Waals surface area contributed by atoms with Crippen LogP contribution in [0.1, 0.15) is 37.1 Å². The third kappa shape index (κ3) is 7.86. The molecule has 1 aromatic heterocycles. The molecule has 8 heteroatoms. The van der Waals surface area contributed by atoms with Crippen LogP contribution in [0.4, 0.5) is 0 Å². The molecule has 0 saturated carbocycles. The van der Waals surface area contributed by atoms with Crippen molar-refractivity contribution in [2.24, 2.45) is 4.99 Å². The summed E-state index contributed by atoms with van der Waals surface area (Å²) in [6, 6.07) is 4.65. The van der Waals surface area contributed by atoms with Crippen molar-refractivity contribution < 1.29 is 14.2 Å². The summed E-state index contributed by atoms with van der Waals surface area (Å²) in [7, 11) is 0. The number of hydrogen-bond acceptors (Lipinski definition) is 6. The Balaban J connectivity index is 1.45. The van der Waals surface area contributed by atoms with E-state index in [2.05, 4.69) is 40.0 Å². The van der Waals surface area contributed by atoms with Gasteiger partial charge in [0, 0.05) is 50.9 Å². The van der Waals surface area contributed by atoms with E-state index in [9.17, 15) is 0 Å². The van der Waals surface area contributed by atoms with Crippen LogP contribution < -0.4 is 10.6 Å². The lowest BCUT2D eigenvalue weighted by atomic mass is 10.1. The number of thiophene rings is 1. The molecule has 0 spiro atoms. The van der Waals surface area contributed by atoms with Crippen LogP contribution in [0.2, 0.25) is 0 Å². The van der Waals surface area contributed by atoms with E-state index < -0.39 is 0 Å². The molecule has 1 aromatic rings. The molecule has 3 heterocycles. The van der Waals surface area contributed by atoms with Gasteiger partial charge in [0.15, 0.2) is 5.96 Å². The van der Waals surface area contributed by atoms with E-state index in [1.165, 1.54) is 4.88 Å². The minimum atomic E-state index is 0.311. The van der Waals surface area contributed by atoms with Gasteiger partial charge in [0.25, 0.3) is 0 Å². The molecule has 7 nitrogen and oxygen atoms in total. The molecular weight excluding hydrogens is 388 g/mol. The van der Waals surface area contributed by atoms with Crippen LogP contribution in [0.5, 0.6) is 0 Å². The van der Waals surface area contributed by atoms with Gasteiger partial charge in [-0.25, -0.2) is 0 Å². The number of nitrogens with one attached hydrogen (secondary N) is 2. The van der Waals surface area contributed by atoms with E-state index in [1.54, 1.807) is 0 Å². The number of ether oxygens (including phenoxy) is 3. The van der Waals surface area contributed by atoms with E-state index in [0.29, 0.717) is 12.1 Å². The van der Waals surface area contributed by atoms with Gasteiger partial charge in [0.05, 0.1) is 31.9 Å². The molecule has 0 amide bonds. The zero-order valence-electron chi connectivity index (χ0n) is 17.6.